The molecule has 0 bridgehead atoms. The molecule has 2 rings (SSSR count). The highest BCUT2D eigenvalue weighted by molar-refractivity contribution is 7.88. The molecule has 23 heavy (non-hydrogen) atoms. The molecule has 0 saturated carbocycles. The summed E-state index contributed by atoms with van der Waals surface area (Å²) in [5.74, 6) is -0.549. The smallest absolute Gasteiger partial charge is 0.287 e. The predicted octanol–water partition coefficient (Wildman–Crippen LogP) is 3.03. The van der Waals surface area contributed by atoms with Crippen LogP contribution in [0.4, 0.5) is 0 Å². The fourth-order valence-electron chi connectivity index (χ4n) is 1.32. The van der Waals surface area contributed by atoms with Crippen LogP contribution in [0.15, 0.2) is 48.0 Å². The summed E-state index contributed by atoms with van der Waals surface area (Å²) < 4.78 is 28.8. The van der Waals surface area contributed by atoms with Gasteiger partial charge in [0.1, 0.15) is 0 Å². The van der Waals surface area contributed by atoms with Crippen molar-refractivity contribution in [3.63, 3.8) is 0 Å². The van der Waals surface area contributed by atoms with Crippen LogP contribution in [-0.4, -0.2) is 23.9 Å². The predicted molar refractivity (Wildman–Crippen MR) is 89.8 cm³/mol. The lowest BCUT2D eigenvalue weighted by atomic mass is 10.2. The van der Waals surface area contributed by atoms with Crippen LogP contribution >= 0.6 is 23.2 Å². The van der Waals surface area contributed by atoms with E-state index in [1.807, 2.05) is 0 Å². The fraction of sp³-hybridized carbons (Fsp3) is 0. The number of hydrogen-bond acceptors (Lipinski definition) is 4. The third kappa shape index (κ3) is 7.75. The van der Waals surface area contributed by atoms with Crippen LogP contribution < -0.4 is 5.73 Å². The molecule has 0 aliphatic heterocycles. The Balaban J connectivity index is 0.000000231. The number of hydrogen-bond donors (Lipinski definition) is 2. The molecule has 1 amide bonds. The Hall–Kier alpha value is -1.93. The summed E-state index contributed by atoms with van der Waals surface area (Å²) in [6, 6.07) is 9.59. The van der Waals surface area contributed by atoms with Crippen LogP contribution in [0.25, 0.3) is 6.08 Å². The maximum atomic E-state index is 10.6. The Morgan fingerprint density at radius 2 is 1.91 bits per heavy atom. The number of aromatic nitrogens is 1. The van der Waals surface area contributed by atoms with Crippen molar-refractivity contribution in [1.29, 1.82) is 0 Å². The summed E-state index contributed by atoms with van der Waals surface area (Å²) in [7, 11) is -4.04. The molecular formula is C14H12Cl2N2O4S. The van der Waals surface area contributed by atoms with Crippen molar-refractivity contribution < 1.29 is 17.8 Å². The first-order chi connectivity index (χ1) is 10.7. The van der Waals surface area contributed by atoms with Gasteiger partial charge in [0.2, 0.25) is 5.91 Å². The summed E-state index contributed by atoms with van der Waals surface area (Å²) in [6.45, 7) is 0. The van der Waals surface area contributed by atoms with E-state index in [1.165, 1.54) is 24.4 Å². The van der Waals surface area contributed by atoms with Gasteiger partial charge in [-0.3, -0.25) is 14.3 Å². The summed E-state index contributed by atoms with van der Waals surface area (Å²) in [5, 5.41) is 1.46. The lowest BCUT2D eigenvalue weighted by Gasteiger charge is -1.97. The highest BCUT2D eigenvalue weighted by atomic mass is 35.5. The van der Waals surface area contributed by atoms with Gasteiger partial charge in [0.25, 0.3) is 10.1 Å². The monoisotopic (exact) mass is 374 g/mol. The standard InChI is InChI=1S/C7H5Cl2NO.C7H7NO3S/c8-4-1-2-5(7(10)11)6(9)3-4;9-12(10,11)6-4-7-3-1-2-5-8-7/h1-3H,(H2,10,11);1-6H,(H,9,10,11)/b;6-4+. The van der Waals surface area contributed by atoms with Crippen LogP contribution in [0.5, 0.6) is 0 Å². The van der Waals surface area contributed by atoms with Crippen molar-refractivity contribution in [3.05, 3.63) is 69.3 Å². The Bertz CT molecular complexity index is 809. The molecule has 0 spiro atoms. The molecule has 0 fully saturated rings. The van der Waals surface area contributed by atoms with Crippen LogP contribution in [0.3, 0.4) is 0 Å². The normalized spacial score (nSPS) is 10.9. The zero-order valence-corrected chi connectivity index (χ0v) is 13.9. The van der Waals surface area contributed by atoms with Gasteiger partial charge >= 0.3 is 0 Å². The Kier molecular flexibility index (Phi) is 7.18. The number of primary amides is 1. The van der Waals surface area contributed by atoms with Crippen LogP contribution in [-0.2, 0) is 10.1 Å². The summed E-state index contributed by atoms with van der Waals surface area (Å²) >= 11 is 11.2. The van der Waals surface area contributed by atoms with Crippen molar-refractivity contribution in [2.24, 2.45) is 5.73 Å². The topological polar surface area (TPSA) is 110 Å². The number of pyridine rings is 1. The van der Waals surface area contributed by atoms with Crippen LogP contribution in [0.1, 0.15) is 16.1 Å². The maximum absolute atomic E-state index is 10.6. The second-order valence-electron chi connectivity index (χ2n) is 4.06. The van der Waals surface area contributed by atoms with E-state index in [9.17, 15) is 13.2 Å². The summed E-state index contributed by atoms with van der Waals surface area (Å²) in [4.78, 5) is 14.4. The molecule has 1 aromatic heterocycles. The van der Waals surface area contributed by atoms with Gasteiger partial charge in [0, 0.05) is 11.2 Å². The number of nitrogens with zero attached hydrogens (tertiary/aromatic N) is 1. The molecule has 0 aliphatic carbocycles. The third-order valence-corrected chi connectivity index (χ3v) is 3.32. The van der Waals surface area contributed by atoms with Gasteiger partial charge in [-0.15, -0.1) is 0 Å². The van der Waals surface area contributed by atoms with E-state index in [1.54, 1.807) is 24.3 Å². The van der Waals surface area contributed by atoms with E-state index in [2.05, 4.69) is 4.98 Å². The van der Waals surface area contributed by atoms with Gasteiger partial charge in [-0.1, -0.05) is 29.3 Å². The number of halogens is 2. The zero-order valence-electron chi connectivity index (χ0n) is 11.6. The Morgan fingerprint density at radius 1 is 1.22 bits per heavy atom. The SMILES string of the molecule is NC(=O)c1ccc(Cl)cc1Cl.O=S(=O)(O)/C=C/c1ccccn1. The molecule has 122 valence electrons. The van der Waals surface area contributed by atoms with E-state index in [-0.39, 0.29) is 10.6 Å². The fourth-order valence-corrected chi connectivity index (χ4v) is 2.13. The first-order valence-electron chi connectivity index (χ1n) is 6.00. The van der Waals surface area contributed by atoms with Crippen molar-refractivity contribution in [2.75, 3.05) is 0 Å². The average Bonchev–Trinajstić information content (AvgIpc) is 2.46. The zero-order chi connectivity index (χ0) is 17.5. The van der Waals surface area contributed by atoms with E-state index >= 15 is 0 Å². The number of rotatable bonds is 3. The first kappa shape index (κ1) is 19.1. The summed E-state index contributed by atoms with van der Waals surface area (Å²) in [6.07, 6.45) is 2.75. The maximum Gasteiger partial charge on any atom is 0.287 e. The first-order valence-corrected chi connectivity index (χ1v) is 8.26. The molecule has 0 atom stereocenters. The molecule has 2 aromatic rings. The number of carbonyl (C=O) groups is 1. The number of benzene rings is 1. The third-order valence-electron chi connectivity index (χ3n) is 2.30. The molecule has 0 unspecified atom stereocenters. The number of nitrogens with two attached hydrogens (primary N) is 1. The van der Waals surface area contributed by atoms with Crippen molar-refractivity contribution in [1.82, 2.24) is 4.98 Å². The van der Waals surface area contributed by atoms with E-state index in [0.717, 1.165) is 0 Å². The van der Waals surface area contributed by atoms with Crippen molar-refractivity contribution >= 4 is 45.3 Å². The molecule has 6 nitrogen and oxygen atoms in total. The molecule has 1 aromatic carbocycles. The highest BCUT2D eigenvalue weighted by Crippen LogP contribution is 2.20. The van der Waals surface area contributed by atoms with Crippen molar-refractivity contribution in [2.45, 2.75) is 0 Å². The largest absolute Gasteiger partial charge is 0.366 e. The highest BCUT2D eigenvalue weighted by Gasteiger charge is 2.05. The quantitative estimate of drug-likeness (QED) is 0.802. The molecule has 9 heteroatoms. The molecule has 3 N–H and O–H groups in total. The van der Waals surface area contributed by atoms with Crippen molar-refractivity contribution in [3.8, 4) is 0 Å². The second-order valence-corrected chi connectivity index (χ2v) is 6.21. The van der Waals surface area contributed by atoms with Gasteiger partial charge < -0.3 is 5.73 Å². The van der Waals surface area contributed by atoms with E-state index in [0.29, 0.717) is 16.1 Å². The van der Waals surface area contributed by atoms with Gasteiger partial charge in [-0.05, 0) is 36.4 Å². The molecule has 0 radical (unpaired) electrons. The van der Waals surface area contributed by atoms with E-state index < -0.39 is 16.0 Å². The second kappa shape index (κ2) is 8.64. The number of carbonyl (C=O) groups excluding carboxylic acids is 1. The Morgan fingerprint density at radius 3 is 2.39 bits per heavy atom. The lowest BCUT2D eigenvalue weighted by molar-refractivity contribution is 0.100. The minimum Gasteiger partial charge on any atom is -0.366 e. The minimum atomic E-state index is -4.04. The average molecular weight is 375 g/mol. The van der Waals surface area contributed by atoms with E-state index in [4.69, 9.17) is 33.5 Å². The minimum absolute atomic E-state index is 0.282. The number of amides is 1. The van der Waals surface area contributed by atoms with Gasteiger partial charge in [0.05, 0.1) is 21.7 Å². The molecule has 1 heterocycles. The van der Waals surface area contributed by atoms with Crippen LogP contribution in [0.2, 0.25) is 10.0 Å². The molecule has 0 saturated heterocycles. The summed E-state index contributed by atoms with van der Waals surface area (Å²) in [5.41, 5.74) is 5.77. The Labute approximate surface area is 143 Å². The van der Waals surface area contributed by atoms with Gasteiger partial charge in [-0.2, -0.15) is 8.42 Å². The van der Waals surface area contributed by atoms with Crippen LogP contribution in [0, 0.1) is 0 Å². The molecular weight excluding hydrogens is 363 g/mol. The molecule has 0 aliphatic rings. The van der Waals surface area contributed by atoms with Gasteiger partial charge in [-0.25, -0.2) is 0 Å². The lowest BCUT2D eigenvalue weighted by Crippen LogP contribution is -2.11. The van der Waals surface area contributed by atoms with Gasteiger partial charge in [0.15, 0.2) is 0 Å².